The standard InChI is InChI=1S/C13H12Cl2N2O4S2/c14-12-6-5-11(7-13(12)15)23(20,21)17-8-9-1-3-10(4-2-9)22(16,18)19/h1-7,17H,8H2,(H2,16,18,19). The summed E-state index contributed by atoms with van der Waals surface area (Å²) in [5.41, 5.74) is 0.570. The number of nitrogens with two attached hydrogens (primary N) is 1. The van der Waals surface area contributed by atoms with Gasteiger partial charge >= 0.3 is 0 Å². The molecule has 0 aliphatic carbocycles. The molecule has 2 aromatic carbocycles. The van der Waals surface area contributed by atoms with E-state index in [9.17, 15) is 16.8 Å². The maximum atomic E-state index is 12.2. The highest BCUT2D eigenvalue weighted by Crippen LogP contribution is 2.24. The molecular formula is C13H12Cl2N2O4S2. The van der Waals surface area contributed by atoms with E-state index in [4.69, 9.17) is 28.3 Å². The molecule has 2 aromatic rings. The first kappa shape index (κ1) is 18.2. The molecule has 23 heavy (non-hydrogen) atoms. The molecule has 0 heterocycles. The maximum absolute atomic E-state index is 12.2. The first-order chi connectivity index (χ1) is 10.6. The topological polar surface area (TPSA) is 106 Å². The zero-order valence-corrected chi connectivity index (χ0v) is 14.7. The zero-order chi connectivity index (χ0) is 17.3. The number of rotatable bonds is 5. The fourth-order valence-electron chi connectivity index (χ4n) is 1.70. The van der Waals surface area contributed by atoms with E-state index in [1.165, 1.54) is 42.5 Å². The molecule has 0 radical (unpaired) electrons. The van der Waals surface area contributed by atoms with E-state index in [0.717, 1.165) is 0 Å². The molecule has 3 N–H and O–H groups in total. The first-order valence-electron chi connectivity index (χ1n) is 6.16. The Morgan fingerprint density at radius 2 is 1.43 bits per heavy atom. The van der Waals surface area contributed by atoms with Crippen molar-refractivity contribution in [2.24, 2.45) is 5.14 Å². The van der Waals surface area contributed by atoms with Gasteiger partial charge in [-0.2, -0.15) is 0 Å². The van der Waals surface area contributed by atoms with E-state index >= 15 is 0 Å². The summed E-state index contributed by atoms with van der Waals surface area (Å²) in [5, 5.41) is 5.38. The molecule has 0 aliphatic heterocycles. The fourth-order valence-corrected chi connectivity index (χ4v) is 3.62. The summed E-state index contributed by atoms with van der Waals surface area (Å²) in [6.45, 7) is -0.0204. The summed E-state index contributed by atoms with van der Waals surface area (Å²) in [6, 6.07) is 9.51. The molecule has 0 atom stereocenters. The number of primary sulfonamides is 1. The lowest BCUT2D eigenvalue weighted by Gasteiger charge is -2.08. The zero-order valence-electron chi connectivity index (χ0n) is 11.5. The highest BCUT2D eigenvalue weighted by Gasteiger charge is 2.15. The van der Waals surface area contributed by atoms with Gasteiger partial charge in [-0.15, -0.1) is 0 Å². The highest BCUT2D eigenvalue weighted by atomic mass is 35.5. The third kappa shape index (κ3) is 4.66. The molecule has 0 saturated carbocycles. The molecule has 0 amide bonds. The van der Waals surface area contributed by atoms with Crippen molar-refractivity contribution in [1.82, 2.24) is 4.72 Å². The molecule has 6 nitrogen and oxygen atoms in total. The lowest BCUT2D eigenvalue weighted by Crippen LogP contribution is -2.23. The normalized spacial score (nSPS) is 12.3. The second-order valence-electron chi connectivity index (χ2n) is 4.59. The van der Waals surface area contributed by atoms with Gasteiger partial charge in [0, 0.05) is 6.54 Å². The molecule has 124 valence electrons. The van der Waals surface area contributed by atoms with E-state index < -0.39 is 20.0 Å². The van der Waals surface area contributed by atoms with Gasteiger partial charge in [0.2, 0.25) is 20.0 Å². The Kier molecular flexibility index (Phi) is 5.34. The molecule has 0 bridgehead atoms. The van der Waals surface area contributed by atoms with E-state index in [0.29, 0.717) is 5.56 Å². The molecule has 0 spiro atoms. The van der Waals surface area contributed by atoms with Crippen LogP contribution >= 0.6 is 23.2 Å². The molecule has 0 unspecified atom stereocenters. The van der Waals surface area contributed by atoms with Gasteiger partial charge in [-0.25, -0.2) is 26.7 Å². The van der Waals surface area contributed by atoms with Crippen LogP contribution in [0.1, 0.15) is 5.56 Å². The van der Waals surface area contributed by atoms with E-state index in [1.807, 2.05) is 0 Å². The average molecular weight is 395 g/mol. The Balaban J connectivity index is 2.14. The minimum absolute atomic E-state index is 0.0203. The quantitative estimate of drug-likeness (QED) is 0.809. The van der Waals surface area contributed by atoms with Crippen molar-refractivity contribution in [2.75, 3.05) is 0 Å². The summed E-state index contributed by atoms with van der Waals surface area (Å²) in [7, 11) is -7.55. The Hall–Kier alpha value is -1.16. The van der Waals surface area contributed by atoms with Crippen molar-refractivity contribution < 1.29 is 16.8 Å². The predicted molar refractivity (Wildman–Crippen MR) is 88.3 cm³/mol. The maximum Gasteiger partial charge on any atom is 0.240 e. The van der Waals surface area contributed by atoms with Gasteiger partial charge in [0.25, 0.3) is 0 Å². The van der Waals surface area contributed by atoms with E-state index in [2.05, 4.69) is 4.72 Å². The summed E-state index contributed by atoms with van der Waals surface area (Å²) in [6.07, 6.45) is 0. The van der Waals surface area contributed by atoms with Crippen molar-refractivity contribution in [3.8, 4) is 0 Å². The minimum atomic E-state index is -3.78. The largest absolute Gasteiger partial charge is 0.240 e. The predicted octanol–water partition coefficient (Wildman–Crippen LogP) is 2.12. The number of sulfonamides is 2. The fraction of sp³-hybridized carbons (Fsp3) is 0.0769. The number of hydrogen-bond acceptors (Lipinski definition) is 4. The minimum Gasteiger partial charge on any atom is -0.225 e. The second kappa shape index (κ2) is 6.76. The van der Waals surface area contributed by atoms with Crippen LogP contribution in [0.15, 0.2) is 52.3 Å². The van der Waals surface area contributed by atoms with Gasteiger partial charge in [0.1, 0.15) is 0 Å². The first-order valence-corrected chi connectivity index (χ1v) is 9.94. The van der Waals surface area contributed by atoms with Crippen LogP contribution in [-0.4, -0.2) is 16.8 Å². The van der Waals surface area contributed by atoms with Crippen molar-refractivity contribution in [1.29, 1.82) is 0 Å². The summed E-state index contributed by atoms with van der Waals surface area (Å²) < 4.78 is 49.0. The number of hydrogen-bond donors (Lipinski definition) is 2. The number of benzene rings is 2. The average Bonchev–Trinajstić information content (AvgIpc) is 2.47. The Morgan fingerprint density at radius 3 is 1.96 bits per heavy atom. The van der Waals surface area contributed by atoms with Gasteiger partial charge in [-0.05, 0) is 35.9 Å². The smallest absolute Gasteiger partial charge is 0.225 e. The van der Waals surface area contributed by atoms with Gasteiger partial charge < -0.3 is 0 Å². The summed E-state index contributed by atoms with van der Waals surface area (Å²) in [5.74, 6) is 0. The number of halogens is 2. The van der Waals surface area contributed by atoms with Gasteiger partial charge in [-0.1, -0.05) is 35.3 Å². The van der Waals surface area contributed by atoms with Crippen LogP contribution in [0, 0.1) is 0 Å². The van der Waals surface area contributed by atoms with Crippen molar-refractivity contribution in [3.05, 3.63) is 58.1 Å². The van der Waals surface area contributed by atoms with Crippen molar-refractivity contribution in [3.63, 3.8) is 0 Å². The second-order valence-corrected chi connectivity index (χ2v) is 8.73. The van der Waals surface area contributed by atoms with Gasteiger partial charge in [0.05, 0.1) is 19.8 Å². The van der Waals surface area contributed by atoms with Crippen LogP contribution in [0.25, 0.3) is 0 Å². The Labute approximate surface area is 144 Å². The van der Waals surface area contributed by atoms with Crippen LogP contribution in [0.5, 0.6) is 0 Å². The molecule has 0 fully saturated rings. The van der Waals surface area contributed by atoms with Crippen LogP contribution < -0.4 is 9.86 Å². The van der Waals surface area contributed by atoms with Crippen molar-refractivity contribution in [2.45, 2.75) is 16.3 Å². The molecule has 0 aliphatic rings. The molecule has 10 heteroatoms. The van der Waals surface area contributed by atoms with E-state index in [-0.39, 0.29) is 26.4 Å². The third-order valence-corrected chi connectivity index (χ3v) is 5.99. The third-order valence-electron chi connectivity index (χ3n) is 2.92. The SMILES string of the molecule is NS(=O)(=O)c1ccc(CNS(=O)(=O)c2ccc(Cl)c(Cl)c2)cc1. The Bertz CT molecular complexity index is 927. The van der Waals surface area contributed by atoms with E-state index in [1.54, 1.807) is 0 Å². The highest BCUT2D eigenvalue weighted by molar-refractivity contribution is 7.89. The van der Waals surface area contributed by atoms with Crippen LogP contribution in [-0.2, 0) is 26.6 Å². The molecule has 0 aromatic heterocycles. The molecule has 0 saturated heterocycles. The lowest BCUT2D eigenvalue weighted by atomic mass is 10.2. The molecular weight excluding hydrogens is 383 g/mol. The Morgan fingerprint density at radius 1 is 0.870 bits per heavy atom. The van der Waals surface area contributed by atoms with Gasteiger partial charge in [-0.3, -0.25) is 0 Å². The summed E-state index contributed by atoms with van der Waals surface area (Å²) in [4.78, 5) is -0.0679. The summed E-state index contributed by atoms with van der Waals surface area (Å²) >= 11 is 11.6. The van der Waals surface area contributed by atoms with Crippen LogP contribution in [0.3, 0.4) is 0 Å². The molecule has 2 rings (SSSR count). The van der Waals surface area contributed by atoms with Crippen LogP contribution in [0.4, 0.5) is 0 Å². The van der Waals surface area contributed by atoms with Crippen LogP contribution in [0.2, 0.25) is 10.0 Å². The number of nitrogens with one attached hydrogen (secondary N) is 1. The van der Waals surface area contributed by atoms with Crippen molar-refractivity contribution >= 4 is 43.2 Å². The lowest BCUT2D eigenvalue weighted by molar-refractivity contribution is 0.581. The monoisotopic (exact) mass is 394 g/mol. The van der Waals surface area contributed by atoms with Gasteiger partial charge in [0.15, 0.2) is 0 Å².